The van der Waals surface area contributed by atoms with E-state index >= 15 is 0 Å². The number of aromatic nitrogens is 2. The second-order valence-electron chi connectivity index (χ2n) is 7.84. The van der Waals surface area contributed by atoms with E-state index in [1.807, 2.05) is 41.8 Å². The van der Waals surface area contributed by atoms with E-state index in [4.69, 9.17) is 0 Å². The number of likely N-dealkylation sites (N-methyl/N-ethyl adjacent to an activating group) is 1. The van der Waals surface area contributed by atoms with Crippen LogP contribution in [0.2, 0.25) is 0 Å². The molecule has 3 aromatic rings. The van der Waals surface area contributed by atoms with Crippen molar-refractivity contribution in [1.29, 1.82) is 0 Å². The summed E-state index contributed by atoms with van der Waals surface area (Å²) in [5.74, 6) is 0.244. The minimum atomic E-state index is -0.0268. The number of amides is 1. The molecule has 1 aliphatic heterocycles. The summed E-state index contributed by atoms with van der Waals surface area (Å²) in [7, 11) is 0. The van der Waals surface area contributed by atoms with Crippen molar-refractivity contribution >= 4 is 5.91 Å². The Morgan fingerprint density at radius 1 is 0.833 bits per heavy atom. The van der Waals surface area contributed by atoms with Crippen LogP contribution in [0.5, 0.6) is 0 Å². The minimum Gasteiger partial charge on any atom is -0.341 e. The highest BCUT2D eigenvalue weighted by Gasteiger charge is 2.29. The molecule has 0 aliphatic carbocycles. The van der Waals surface area contributed by atoms with E-state index in [2.05, 4.69) is 58.2 Å². The maximum absolute atomic E-state index is 13.1. The molecule has 1 aliphatic rings. The molecule has 0 bridgehead atoms. The molecule has 5 heteroatoms. The Kier molecular flexibility index (Phi) is 6.50. The Bertz CT molecular complexity index is 944. The van der Waals surface area contributed by atoms with Crippen molar-refractivity contribution in [3.63, 3.8) is 0 Å². The van der Waals surface area contributed by atoms with Gasteiger partial charge in [0, 0.05) is 57.5 Å². The predicted octanol–water partition coefficient (Wildman–Crippen LogP) is 3.67. The van der Waals surface area contributed by atoms with Crippen LogP contribution in [-0.4, -0.2) is 51.9 Å². The Morgan fingerprint density at radius 3 is 2.13 bits per heavy atom. The van der Waals surface area contributed by atoms with Gasteiger partial charge in [0.2, 0.25) is 5.91 Å². The summed E-state index contributed by atoms with van der Waals surface area (Å²) in [6, 6.07) is 16.7. The number of nitrogens with zero attached hydrogens (tertiary/aromatic N) is 4. The lowest BCUT2D eigenvalue weighted by Crippen LogP contribution is -2.37. The molecular weight excluding hydrogens is 372 g/mol. The first-order valence-corrected chi connectivity index (χ1v) is 10.6. The number of hydrogen-bond acceptors (Lipinski definition) is 4. The summed E-state index contributed by atoms with van der Waals surface area (Å²) in [5, 5.41) is 0. The maximum atomic E-state index is 13.1. The normalized spacial score (nSPS) is 17.7. The Hall–Kier alpha value is -3.05. The van der Waals surface area contributed by atoms with Gasteiger partial charge in [-0.25, -0.2) is 0 Å². The van der Waals surface area contributed by atoms with Gasteiger partial charge < -0.3 is 4.90 Å². The molecule has 0 N–H and O–H groups in total. The molecule has 0 saturated carbocycles. The predicted molar refractivity (Wildman–Crippen MR) is 119 cm³/mol. The summed E-state index contributed by atoms with van der Waals surface area (Å²) < 4.78 is 0. The average molecular weight is 401 g/mol. The highest BCUT2D eigenvalue weighted by atomic mass is 16.2. The number of benzene rings is 1. The largest absolute Gasteiger partial charge is 0.341 e. The van der Waals surface area contributed by atoms with Crippen molar-refractivity contribution < 1.29 is 4.79 Å². The first kappa shape index (κ1) is 20.2. The Morgan fingerprint density at radius 2 is 1.47 bits per heavy atom. The van der Waals surface area contributed by atoms with Crippen LogP contribution in [0.15, 0.2) is 73.3 Å². The minimum absolute atomic E-state index is 0.0268. The molecule has 1 amide bonds. The van der Waals surface area contributed by atoms with Gasteiger partial charge >= 0.3 is 0 Å². The van der Waals surface area contributed by atoms with Crippen molar-refractivity contribution in [2.24, 2.45) is 5.92 Å². The Labute approximate surface area is 178 Å². The molecular formula is C25H28N4O. The van der Waals surface area contributed by atoms with Crippen molar-refractivity contribution in [3.05, 3.63) is 84.4 Å². The zero-order chi connectivity index (χ0) is 20.8. The summed E-state index contributed by atoms with van der Waals surface area (Å²) in [5.41, 5.74) is 4.77. The third-order valence-corrected chi connectivity index (χ3v) is 5.81. The third-order valence-electron chi connectivity index (χ3n) is 5.81. The van der Waals surface area contributed by atoms with Crippen molar-refractivity contribution in [2.75, 3.05) is 26.2 Å². The fourth-order valence-electron chi connectivity index (χ4n) is 4.13. The fraction of sp³-hybridized carbons (Fsp3) is 0.320. The molecule has 1 fully saturated rings. The van der Waals surface area contributed by atoms with Crippen LogP contribution in [0.4, 0.5) is 0 Å². The van der Waals surface area contributed by atoms with Crippen LogP contribution in [-0.2, 0) is 17.8 Å². The second kappa shape index (κ2) is 9.63. The van der Waals surface area contributed by atoms with E-state index in [1.54, 1.807) is 0 Å². The lowest BCUT2D eigenvalue weighted by molar-refractivity contribution is -0.134. The van der Waals surface area contributed by atoms with Crippen LogP contribution < -0.4 is 0 Å². The molecule has 1 saturated heterocycles. The summed E-state index contributed by atoms with van der Waals surface area (Å²) in [4.78, 5) is 25.7. The monoisotopic (exact) mass is 400 g/mol. The van der Waals surface area contributed by atoms with E-state index in [0.717, 1.165) is 44.7 Å². The van der Waals surface area contributed by atoms with Gasteiger partial charge in [-0.2, -0.15) is 0 Å². The van der Waals surface area contributed by atoms with E-state index in [-0.39, 0.29) is 11.8 Å². The lowest BCUT2D eigenvalue weighted by atomic mass is 9.95. The molecule has 1 atom stereocenters. The molecule has 3 heterocycles. The fourth-order valence-corrected chi connectivity index (χ4v) is 4.13. The lowest BCUT2D eigenvalue weighted by Gasteiger charge is -2.23. The van der Waals surface area contributed by atoms with E-state index in [1.165, 1.54) is 16.7 Å². The van der Waals surface area contributed by atoms with Crippen molar-refractivity contribution in [3.8, 4) is 11.1 Å². The van der Waals surface area contributed by atoms with Crippen LogP contribution >= 0.6 is 0 Å². The molecule has 4 rings (SSSR count). The smallest absolute Gasteiger partial charge is 0.227 e. The molecule has 2 aromatic heterocycles. The molecule has 0 spiro atoms. The van der Waals surface area contributed by atoms with Crippen LogP contribution in [0.1, 0.15) is 18.1 Å². The standard InChI is InChI=1S/C25H28N4O/c1-2-29-16-15-28(18-21-7-11-26-12-8-21)19-24(25(29)30)17-20-3-5-22(6-4-20)23-9-13-27-14-10-23/h3-14,24H,2,15-19H2,1H3/t24-/m0/s1. The molecule has 30 heavy (non-hydrogen) atoms. The maximum Gasteiger partial charge on any atom is 0.227 e. The SMILES string of the molecule is CCN1CCN(Cc2ccncc2)C[C@H](Cc2ccc(-c3ccncc3)cc2)C1=O. The van der Waals surface area contributed by atoms with Gasteiger partial charge in [0.05, 0.1) is 5.92 Å². The molecule has 0 unspecified atom stereocenters. The topological polar surface area (TPSA) is 49.3 Å². The molecule has 154 valence electrons. The number of pyridine rings is 2. The quantitative estimate of drug-likeness (QED) is 0.634. The molecule has 5 nitrogen and oxygen atoms in total. The van der Waals surface area contributed by atoms with Gasteiger partial charge in [-0.05, 0) is 59.9 Å². The first-order chi connectivity index (χ1) is 14.7. The number of rotatable bonds is 6. The van der Waals surface area contributed by atoms with Crippen molar-refractivity contribution in [1.82, 2.24) is 19.8 Å². The van der Waals surface area contributed by atoms with Gasteiger partial charge in [0.25, 0.3) is 0 Å². The number of carbonyl (C=O) groups excluding carboxylic acids is 1. The van der Waals surface area contributed by atoms with Crippen molar-refractivity contribution in [2.45, 2.75) is 19.9 Å². The van der Waals surface area contributed by atoms with Crippen LogP contribution in [0.25, 0.3) is 11.1 Å². The third kappa shape index (κ3) is 4.92. The number of hydrogen-bond donors (Lipinski definition) is 0. The highest BCUT2D eigenvalue weighted by molar-refractivity contribution is 5.79. The van der Waals surface area contributed by atoms with Crippen LogP contribution in [0, 0.1) is 5.92 Å². The zero-order valence-corrected chi connectivity index (χ0v) is 17.4. The Balaban J connectivity index is 1.49. The van der Waals surface area contributed by atoms with Crippen LogP contribution in [0.3, 0.4) is 0 Å². The number of carbonyl (C=O) groups is 1. The second-order valence-corrected chi connectivity index (χ2v) is 7.84. The van der Waals surface area contributed by atoms with Gasteiger partial charge in [0.15, 0.2) is 0 Å². The van der Waals surface area contributed by atoms with Gasteiger partial charge in [0.1, 0.15) is 0 Å². The van der Waals surface area contributed by atoms with Gasteiger partial charge in [-0.15, -0.1) is 0 Å². The van der Waals surface area contributed by atoms with E-state index in [9.17, 15) is 4.79 Å². The van der Waals surface area contributed by atoms with Gasteiger partial charge in [-0.1, -0.05) is 24.3 Å². The zero-order valence-electron chi connectivity index (χ0n) is 17.4. The van der Waals surface area contributed by atoms with E-state index < -0.39 is 0 Å². The summed E-state index contributed by atoms with van der Waals surface area (Å²) in [6.45, 7) is 6.16. The summed E-state index contributed by atoms with van der Waals surface area (Å²) in [6.07, 6.45) is 8.05. The highest BCUT2D eigenvalue weighted by Crippen LogP contribution is 2.22. The van der Waals surface area contributed by atoms with E-state index in [0.29, 0.717) is 0 Å². The molecule has 1 aromatic carbocycles. The summed E-state index contributed by atoms with van der Waals surface area (Å²) >= 11 is 0. The molecule has 0 radical (unpaired) electrons. The first-order valence-electron chi connectivity index (χ1n) is 10.6. The average Bonchev–Trinajstić information content (AvgIpc) is 2.94. The van der Waals surface area contributed by atoms with Gasteiger partial charge in [-0.3, -0.25) is 19.7 Å².